The molecule has 0 saturated carbocycles. The van der Waals surface area contributed by atoms with Gasteiger partial charge >= 0.3 is 5.97 Å². The number of anilines is 1. The number of ether oxygens (including phenoxy) is 1. The van der Waals surface area contributed by atoms with Crippen LogP contribution in [-0.2, 0) is 11.8 Å². The van der Waals surface area contributed by atoms with E-state index in [0.717, 1.165) is 11.4 Å². The second-order valence-electron chi connectivity index (χ2n) is 4.36. The molecule has 0 aliphatic heterocycles. The normalized spacial score (nSPS) is 12.2. The molecule has 0 saturated heterocycles. The Bertz CT molecular complexity index is 586. The minimum absolute atomic E-state index is 0.0682. The molecule has 0 radical (unpaired) electrons. The van der Waals surface area contributed by atoms with Gasteiger partial charge in [-0.3, -0.25) is 4.68 Å². The highest BCUT2D eigenvalue weighted by atomic mass is 16.5. The molecule has 2 aromatic heterocycles. The van der Waals surface area contributed by atoms with Crippen LogP contribution in [0.2, 0.25) is 0 Å². The van der Waals surface area contributed by atoms with Crippen molar-refractivity contribution >= 4 is 11.7 Å². The van der Waals surface area contributed by atoms with E-state index < -0.39 is 5.97 Å². The molecule has 0 aromatic carbocycles. The zero-order chi connectivity index (χ0) is 14.0. The number of methoxy groups -OCH3 is 1. The van der Waals surface area contributed by atoms with E-state index in [2.05, 4.69) is 15.2 Å². The van der Waals surface area contributed by atoms with Gasteiger partial charge in [0.1, 0.15) is 5.76 Å². The van der Waals surface area contributed by atoms with Gasteiger partial charge in [0, 0.05) is 13.2 Å². The van der Waals surface area contributed by atoms with Crippen molar-refractivity contribution in [1.29, 1.82) is 0 Å². The van der Waals surface area contributed by atoms with Gasteiger partial charge in [-0.25, -0.2) is 4.79 Å². The summed E-state index contributed by atoms with van der Waals surface area (Å²) in [5.74, 6) is 0.397. The van der Waals surface area contributed by atoms with Crippen LogP contribution >= 0.6 is 0 Å². The molecular weight excluding hydrogens is 246 g/mol. The third kappa shape index (κ3) is 2.78. The lowest BCUT2D eigenvalue weighted by Crippen LogP contribution is -2.06. The Morgan fingerprint density at radius 3 is 2.84 bits per heavy atom. The molecule has 0 aliphatic carbocycles. The Morgan fingerprint density at radius 1 is 1.53 bits per heavy atom. The summed E-state index contributed by atoms with van der Waals surface area (Å²) in [7, 11) is 3.19. The molecule has 1 unspecified atom stereocenters. The highest BCUT2D eigenvalue weighted by Crippen LogP contribution is 2.23. The van der Waals surface area contributed by atoms with E-state index in [1.165, 1.54) is 7.11 Å². The Hall–Kier alpha value is -2.24. The maximum absolute atomic E-state index is 11.3. The van der Waals surface area contributed by atoms with E-state index >= 15 is 0 Å². The van der Waals surface area contributed by atoms with Crippen LogP contribution in [0, 0.1) is 6.92 Å². The van der Waals surface area contributed by atoms with E-state index in [1.54, 1.807) is 16.8 Å². The Morgan fingerprint density at radius 2 is 2.26 bits per heavy atom. The van der Waals surface area contributed by atoms with Crippen LogP contribution in [0.1, 0.15) is 35.0 Å². The first-order valence-electron chi connectivity index (χ1n) is 5.96. The van der Waals surface area contributed by atoms with Crippen molar-refractivity contribution in [3.05, 3.63) is 35.5 Å². The Balaban J connectivity index is 2.11. The quantitative estimate of drug-likeness (QED) is 0.857. The van der Waals surface area contributed by atoms with Crippen LogP contribution in [-0.4, -0.2) is 22.9 Å². The van der Waals surface area contributed by atoms with E-state index in [-0.39, 0.29) is 11.8 Å². The van der Waals surface area contributed by atoms with Crippen LogP contribution in [0.5, 0.6) is 0 Å². The van der Waals surface area contributed by atoms with Gasteiger partial charge in [-0.05, 0) is 26.0 Å². The van der Waals surface area contributed by atoms with Crippen molar-refractivity contribution in [3.8, 4) is 0 Å². The molecule has 6 heteroatoms. The number of rotatable bonds is 4. The average Bonchev–Trinajstić information content (AvgIpc) is 2.96. The summed E-state index contributed by atoms with van der Waals surface area (Å²) in [5, 5.41) is 7.54. The summed E-state index contributed by atoms with van der Waals surface area (Å²) < 4.78 is 11.8. The number of carbonyl (C=O) groups excluding carboxylic acids is 1. The lowest BCUT2D eigenvalue weighted by atomic mass is 10.2. The van der Waals surface area contributed by atoms with Crippen molar-refractivity contribution in [1.82, 2.24) is 9.78 Å². The maximum Gasteiger partial charge on any atom is 0.373 e. The lowest BCUT2D eigenvalue weighted by Gasteiger charge is -2.11. The zero-order valence-electron chi connectivity index (χ0n) is 11.4. The van der Waals surface area contributed by atoms with Crippen LogP contribution < -0.4 is 5.32 Å². The second kappa shape index (κ2) is 5.17. The van der Waals surface area contributed by atoms with Crippen molar-refractivity contribution in [2.45, 2.75) is 19.9 Å². The third-order valence-electron chi connectivity index (χ3n) is 2.83. The van der Waals surface area contributed by atoms with Gasteiger partial charge in [-0.2, -0.15) is 5.10 Å². The number of hydrogen-bond donors (Lipinski definition) is 1. The maximum atomic E-state index is 11.3. The standard InChI is InChI=1S/C13H17N3O3/c1-8-10(7-16(3)15-8)14-9(2)11-5-6-12(19-11)13(17)18-4/h5-7,9,14H,1-4H3. The van der Waals surface area contributed by atoms with Gasteiger partial charge in [-0.15, -0.1) is 0 Å². The van der Waals surface area contributed by atoms with Gasteiger partial charge in [-0.1, -0.05) is 0 Å². The molecule has 0 aliphatic rings. The van der Waals surface area contributed by atoms with Gasteiger partial charge in [0.25, 0.3) is 0 Å². The number of nitrogens with one attached hydrogen (secondary N) is 1. The summed E-state index contributed by atoms with van der Waals surface area (Å²) in [4.78, 5) is 11.3. The summed E-state index contributed by atoms with van der Waals surface area (Å²) >= 11 is 0. The number of aryl methyl sites for hydroxylation is 2. The molecular formula is C13H17N3O3. The number of aromatic nitrogens is 2. The van der Waals surface area contributed by atoms with Crippen LogP contribution in [0.25, 0.3) is 0 Å². The monoisotopic (exact) mass is 263 g/mol. The largest absolute Gasteiger partial charge is 0.463 e. The molecule has 6 nitrogen and oxygen atoms in total. The Kier molecular flexibility index (Phi) is 3.59. The highest BCUT2D eigenvalue weighted by Gasteiger charge is 2.16. The van der Waals surface area contributed by atoms with Crippen LogP contribution in [0.15, 0.2) is 22.7 Å². The molecule has 102 valence electrons. The smallest absolute Gasteiger partial charge is 0.373 e. The van der Waals surface area contributed by atoms with E-state index in [4.69, 9.17) is 4.42 Å². The molecule has 2 heterocycles. The van der Waals surface area contributed by atoms with E-state index in [9.17, 15) is 4.79 Å². The molecule has 19 heavy (non-hydrogen) atoms. The first-order valence-corrected chi connectivity index (χ1v) is 5.96. The van der Waals surface area contributed by atoms with Crippen molar-refractivity contribution in [2.75, 3.05) is 12.4 Å². The minimum Gasteiger partial charge on any atom is -0.463 e. The summed E-state index contributed by atoms with van der Waals surface area (Å²) in [6.07, 6.45) is 1.90. The van der Waals surface area contributed by atoms with Gasteiger partial charge in [0.2, 0.25) is 5.76 Å². The van der Waals surface area contributed by atoms with Crippen molar-refractivity contribution < 1.29 is 13.9 Å². The number of esters is 1. The van der Waals surface area contributed by atoms with Crippen LogP contribution in [0.4, 0.5) is 5.69 Å². The molecule has 0 fully saturated rings. The molecule has 1 N–H and O–H groups in total. The summed E-state index contributed by atoms with van der Waals surface area (Å²) in [6.45, 7) is 3.88. The predicted octanol–water partition coefficient (Wildman–Crippen LogP) is 2.28. The lowest BCUT2D eigenvalue weighted by molar-refractivity contribution is 0.0562. The highest BCUT2D eigenvalue weighted by molar-refractivity contribution is 5.86. The fourth-order valence-electron chi connectivity index (χ4n) is 1.84. The fourth-order valence-corrected chi connectivity index (χ4v) is 1.84. The SMILES string of the molecule is COC(=O)c1ccc(C(C)Nc2cn(C)nc2C)o1. The van der Waals surface area contributed by atoms with Gasteiger partial charge in [0.05, 0.1) is 24.5 Å². The molecule has 0 spiro atoms. The molecule has 1 atom stereocenters. The zero-order valence-corrected chi connectivity index (χ0v) is 11.4. The number of hydrogen-bond acceptors (Lipinski definition) is 5. The van der Waals surface area contributed by atoms with E-state index in [0.29, 0.717) is 5.76 Å². The summed E-state index contributed by atoms with van der Waals surface area (Å²) in [5.41, 5.74) is 1.85. The molecule has 2 rings (SSSR count). The topological polar surface area (TPSA) is 69.3 Å². The van der Waals surface area contributed by atoms with Crippen molar-refractivity contribution in [2.24, 2.45) is 7.05 Å². The molecule has 0 bridgehead atoms. The predicted molar refractivity (Wildman–Crippen MR) is 70.0 cm³/mol. The van der Waals surface area contributed by atoms with Gasteiger partial charge < -0.3 is 14.5 Å². The third-order valence-corrected chi connectivity index (χ3v) is 2.83. The number of nitrogens with zero attached hydrogens (tertiary/aromatic N) is 2. The van der Waals surface area contributed by atoms with Gasteiger partial charge in [0.15, 0.2) is 0 Å². The molecule has 0 amide bonds. The fraction of sp³-hybridized carbons (Fsp3) is 0.385. The minimum atomic E-state index is -0.476. The molecule has 2 aromatic rings. The average molecular weight is 263 g/mol. The first-order chi connectivity index (χ1) is 9.01. The Labute approximate surface area is 111 Å². The second-order valence-corrected chi connectivity index (χ2v) is 4.36. The van der Waals surface area contributed by atoms with Crippen LogP contribution in [0.3, 0.4) is 0 Å². The number of carbonyl (C=O) groups is 1. The van der Waals surface area contributed by atoms with Crippen molar-refractivity contribution in [3.63, 3.8) is 0 Å². The number of furan rings is 1. The van der Waals surface area contributed by atoms with E-state index in [1.807, 2.05) is 27.1 Å². The first kappa shape index (κ1) is 13.2. The summed E-state index contributed by atoms with van der Waals surface area (Å²) in [6, 6.07) is 3.30.